The first-order chi connectivity index (χ1) is 8.58. The number of carbonyl (C=O) groups is 2. The molecule has 0 aliphatic carbocycles. The van der Waals surface area contributed by atoms with E-state index in [1.165, 1.54) is 29.7 Å². The first kappa shape index (κ1) is 12.2. The first-order valence-corrected chi connectivity index (χ1v) is 5.87. The highest BCUT2D eigenvalue weighted by atomic mass is 32.1. The van der Waals surface area contributed by atoms with Crippen molar-refractivity contribution in [1.82, 2.24) is 9.97 Å². The molecule has 0 unspecified atom stereocenters. The molecule has 2 rings (SSSR count). The summed E-state index contributed by atoms with van der Waals surface area (Å²) in [7, 11) is 0. The van der Waals surface area contributed by atoms with Gasteiger partial charge in [-0.25, -0.2) is 14.8 Å². The topological polar surface area (TPSA) is 92.2 Å². The summed E-state index contributed by atoms with van der Waals surface area (Å²) in [6.07, 6.45) is 1.41. The molecule has 0 aromatic carbocycles. The second kappa shape index (κ2) is 4.92. The molecule has 0 saturated heterocycles. The van der Waals surface area contributed by atoms with E-state index >= 15 is 0 Å². The Hall–Kier alpha value is -2.28. The third kappa shape index (κ3) is 2.51. The van der Waals surface area contributed by atoms with E-state index in [0.29, 0.717) is 0 Å². The normalized spacial score (nSPS) is 10.1. The summed E-state index contributed by atoms with van der Waals surface area (Å²) in [6, 6.07) is 2.86. The van der Waals surface area contributed by atoms with Crippen molar-refractivity contribution in [1.29, 1.82) is 0 Å². The van der Waals surface area contributed by atoms with Crippen LogP contribution in [0.15, 0.2) is 23.7 Å². The molecule has 2 heterocycles. The van der Waals surface area contributed by atoms with Crippen LogP contribution in [-0.4, -0.2) is 27.0 Å². The van der Waals surface area contributed by atoms with E-state index in [9.17, 15) is 9.59 Å². The molecule has 2 aromatic rings. The van der Waals surface area contributed by atoms with Crippen LogP contribution < -0.4 is 5.32 Å². The Morgan fingerprint density at radius 3 is 2.83 bits per heavy atom. The van der Waals surface area contributed by atoms with Crippen molar-refractivity contribution in [3.63, 3.8) is 0 Å². The first-order valence-electron chi connectivity index (χ1n) is 4.99. The van der Waals surface area contributed by atoms with Crippen LogP contribution in [0.4, 0.5) is 5.82 Å². The molecule has 0 bridgehead atoms. The molecule has 2 aromatic heterocycles. The van der Waals surface area contributed by atoms with Crippen LogP contribution >= 0.6 is 11.3 Å². The van der Waals surface area contributed by atoms with Gasteiger partial charge in [0.2, 0.25) is 0 Å². The Labute approximate surface area is 106 Å². The smallest absolute Gasteiger partial charge is 0.339 e. The number of rotatable bonds is 3. The lowest BCUT2D eigenvalue weighted by molar-refractivity contribution is 0.0697. The summed E-state index contributed by atoms with van der Waals surface area (Å²) in [5, 5.41) is 13.8. The van der Waals surface area contributed by atoms with Gasteiger partial charge in [0, 0.05) is 11.6 Å². The van der Waals surface area contributed by atoms with Crippen LogP contribution in [0.1, 0.15) is 25.9 Å². The number of nitrogens with zero attached hydrogens (tertiary/aromatic N) is 2. The number of anilines is 1. The van der Waals surface area contributed by atoms with E-state index in [4.69, 9.17) is 5.11 Å². The van der Waals surface area contributed by atoms with Gasteiger partial charge in [0.25, 0.3) is 5.91 Å². The van der Waals surface area contributed by atoms with E-state index in [-0.39, 0.29) is 17.1 Å². The summed E-state index contributed by atoms with van der Waals surface area (Å²) < 4.78 is 0. The van der Waals surface area contributed by atoms with Gasteiger partial charge in [0.1, 0.15) is 17.1 Å². The zero-order chi connectivity index (χ0) is 13.1. The van der Waals surface area contributed by atoms with Crippen molar-refractivity contribution in [2.75, 3.05) is 5.32 Å². The Morgan fingerprint density at radius 1 is 1.44 bits per heavy atom. The zero-order valence-corrected chi connectivity index (χ0v) is 10.2. The summed E-state index contributed by atoms with van der Waals surface area (Å²) in [5.74, 6) is -1.60. The molecular weight excluding hydrogens is 254 g/mol. The van der Waals surface area contributed by atoms with Crippen molar-refractivity contribution < 1.29 is 14.7 Å². The second-order valence-corrected chi connectivity index (χ2v) is 4.47. The summed E-state index contributed by atoms with van der Waals surface area (Å²) in [4.78, 5) is 30.6. The number of hydrogen-bond acceptors (Lipinski definition) is 5. The zero-order valence-electron chi connectivity index (χ0n) is 9.38. The van der Waals surface area contributed by atoms with Gasteiger partial charge in [0.15, 0.2) is 0 Å². The second-order valence-electron chi connectivity index (χ2n) is 3.41. The molecule has 1 amide bonds. The van der Waals surface area contributed by atoms with Gasteiger partial charge in [0.05, 0.1) is 5.01 Å². The average Bonchev–Trinajstić information content (AvgIpc) is 2.76. The highest BCUT2D eigenvalue weighted by molar-refractivity contribution is 7.09. The van der Waals surface area contributed by atoms with Crippen LogP contribution in [0.25, 0.3) is 0 Å². The summed E-state index contributed by atoms with van der Waals surface area (Å²) in [5.41, 5.74) is 0.192. The lowest BCUT2D eigenvalue weighted by atomic mass is 10.2. The van der Waals surface area contributed by atoms with Crippen molar-refractivity contribution >= 4 is 29.0 Å². The maximum Gasteiger partial charge on any atom is 0.339 e. The number of aromatic carboxylic acids is 1. The van der Waals surface area contributed by atoms with Gasteiger partial charge in [-0.15, -0.1) is 11.3 Å². The Balaban J connectivity index is 2.24. The molecule has 92 valence electrons. The molecule has 0 fully saturated rings. The SMILES string of the molecule is Cc1nc(C(=O)Nc2ncccc2C(=O)O)cs1. The molecule has 0 radical (unpaired) electrons. The van der Waals surface area contributed by atoms with Crippen LogP contribution in [0.3, 0.4) is 0 Å². The molecule has 7 heteroatoms. The van der Waals surface area contributed by atoms with E-state index in [2.05, 4.69) is 15.3 Å². The molecular formula is C11H9N3O3S. The van der Waals surface area contributed by atoms with Crippen LogP contribution in [0.5, 0.6) is 0 Å². The lowest BCUT2D eigenvalue weighted by Crippen LogP contribution is -2.16. The molecule has 18 heavy (non-hydrogen) atoms. The van der Waals surface area contributed by atoms with Crippen LogP contribution in [0.2, 0.25) is 0 Å². The molecule has 2 N–H and O–H groups in total. The number of amides is 1. The minimum absolute atomic E-state index is 0.0145. The number of aromatic nitrogens is 2. The maximum absolute atomic E-state index is 11.8. The Morgan fingerprint density at radius 2 is 2.22 bits per heavy atom. The van der Waals surface area contributed by atoms with Gasteiger partial charge >= 0.3 is 5.97 Å². The Bertz CT molecular complexity index is 609. The Kier molecular flexibility index (Phi) is 3.33. The quantitative estimate of drug-likeness (QED) is 0.880. The monoisotopic (exact) mass is 263 g/mol. The number of carboxylic acid groups (broad SMARTS) is 1. The van der Waals surface area contributed by atoms with Crippen molar-refractivity contribution in [2.45, 2.75) is 6.92 Å². The standard InChI is InChI=1S/C11H9N3O3S/c1-6-13-8(5-18-6)10(15)14-9-7(11(16)17)3-2-4-12-9/h2-5H,1H3,(H,16,17)(H,12,14,15). The number of pyridine rings is 1. The van der Waals surface area contributed by atoms with Crippen LogP contribution in [-0.2, 0) is 0 Å². The van der Waals surface area contributed by atoms with Crippen LogP contribution in [0, 0.1) is 6.92 Å². The molecule has 0 atom stereocenters. The summed E-state index contributed by atoms with van der Waals surface area (Å²) >= 11 is 1.35. The molecule has 0 spiro atoms. The minimum atomic E-state index is -1.15. The van der Waals surface area contributed by atoms with Crippen molar-refractivity contribution in [3.8, 4) is 0 Å². The predicted octanol–water partition coefficient (Wildman–Crippen LogP) is 1.80. The number of carbonyl (C=O) groups excluding carboxylic acids is 1. The highest BCUT2D eigenvalue weighted by Crippen LogP contribution is 2.14. The number of nitrogens with one attached hydrogen (secondary N) is 1. The molecule has 6 nitrogen and oxygen atoms in total. The molecule has 0 aliphatic rings. The van der Waals surface area contributed by atoms with Gasteiger partial charge in [-0.1, -0.05) is 0 Å². The highest BCUT2D eigenvalue weighted by Gasteiger charge is 2.15. The maximum atomic E-state index is 11.8. The van der Waals surface area contributed by atoms with Crippen molar-refractivity contribution in [2.24, 2.45) is 0 Å². The van der Waals surface area contributed by atoms with E-state index in [1.54, 1.807) is 12.3 Å². The lowest BCUT2D eigenvalue weighted by Gasteiger charge is -2.05. The third-order valence-corrected chi connectivity index (χ3v) is 2.90. The summed E-state index contributed by atoms with van der Waals surface area (Å²) in [6.45, 7) is 1.78. The average molecular weight is 263 g/mol. The van der Waals surface area contributed by atoms with Gasteiger partial charge in [-0.3, -0.25) is 4.79 Å². The van der Waals surface area contributed by atoms with E-state index in [0.717, 1.165) is 5.01 Å². The fourth-order valence-corrected chi connectivity index (χ4v) is 1.91. The largest absolute Gasteiger partial charge is 0.478 e. The fraction of sp³-hybridized carbons (Fsp3) is 0.0909. The van der Waals surface area contributed by atoms with Gasteiger partial charge in [-0.05, 0) is 19.1 Å². The predicted molar refractivity (Wildman–Crippen MR) is 66.0 cm³/mol. The van der Waals surface area contributed by atoms with Gasteiger partial charge in [-0.2, -0.15) is 0 Å². The number of thiazole rings is 1. The number of carboxylic acids is 1. The van der Waals surface area contributed by atoms with Gasteiger partial charge < -0.3 is 10.4 Å². The van der Waals surface area contributed by atoms with E-state index in [1.807, 2.05) is 0 Å². The third-order valence-electron chi connectivity index (χ3n) is 2.12. The number of aryl methyl sites for hydroxylation is 1. The minimum Gasteiger partial charge on any atom is -0.478 e. The van der Waals surface area contributed by atoms with Crippen molar-refractivity contribution in [3.05, 3.63) is 40.0 Å². The molecule has 0 saturated carbocycles. The van der Waals surface area contributed by atoms with E-state index < -0.39 is 11.9 Å². The molecule has 0 aliphatic heterocycles. The number of hydrogen-bond donors (Lipinski definition) is 2. The fourth-order valence-electron chi connectivity index (χ4n) is 1.32.